The zero-order valence-corrected chi connectivity index (χ0v) is 14.4. The van der Waals surface area contributed by atoms with E-state index in [1.165, 1.54) is 11.8 Å². The summed E-state index contributed by atoms with van der Waals surface area (Å²) in [5.41, 5.74) is 2.82. The lowest BCUT2D eigenvalue weighted by Gasteiger charge is -2.20. The summed E-state index contributed by atoms with van der Waals surface area (Å²) in [5, 5.41) is 2.18. The fourth-order valence-electron chi connectivity index (χ4n) is 2.36. The fraction of sp³-hybridized carbons (Fsp3) is 0.125. The van der Waals surface area contributed by atoms with Gasteiger partial charge in [0.1, 0.15) is 0 Å². The molecular weight excluding hydrogens is 336 g/mol. The Hall–Kier alpha value is -1.56. The van der Waals surface area contributed by atoms with Gasteiger partial charge in [0.25, 0.3) is 5.91 Å². The van der Waals surface area contributed by atoms with Crippen molar-refractivity contribution in [2.75, 3.05) is 5.01 Å². The number of aryl methyl sites for hydroxylation is 2. The zero-order chi connectivity index (χ0) is 15.9. The monoisotopic (exact) mass is 348 g/mol. The van der Waals surface area contributed by atoms with E-state index in [0.29, 0.717) is 14.2 Å². The van der Waals surface area contributed by atoms with Crippen LogP contribution in [-0.4, -0.2) is 14.9 Å². The Balaban J connectivity index is 1.99. The summed E-state index contributed by atoms with van der Waals surface area (Å²) in [7, 11) is 0. The van der Waals surface area contributed by atoms with E-state index in [9.17, 15) is 4.79 Å². The van der Waals surface area contributed by atoms with Crippen LogP contribution in [0.15, 0.2) is 41.3 Å². The van der Waals surface area contributed by atoms with E-state index >= 15 is 0 Å². The highest BCUT2D eigenvalue weighted by Crippen LogP contribution is 2.33. The number of rotatable bonds is 2. The summed E-state index contributed by atoms with van der Waals surface area (Å²) in [5.74, 6) is -0.114. The SMILES string of the molecule is Cc1ccc(C)n1N1C(=O)/C(=C\c2cccc(Cl)c2)SC1=S. The predicted octanol–water partition coefficient (Wildman–Crippen LogP) is 4.30. The Labute approximate surface area is 143 Å². The van der Waals surface area contributed by atoms with Crippen molar-refractivity contribution in [3.05, 3.63) is 63.3 Å². The molecule has 0 saturated carbocycles. The van der Waals surface area contributed by atoms with Crippen molar-refractivity contribution in [2.45, 2.75) is 13.8 Å². The number of hydrogen-bond acceptors (Lipinski definition) is 3. The molecule has 0 spiro atoms. The van der Waals surface area contributed by atoms with Crippen LogP contribution < -0.4 is 5.01 Å². The first-order chi connectivity index (χ1) is 10.5. The van der Waals surface area contributed by atoms with E-state index in [1.54, 1.807) is 11.1 Å². The molecule has 6 heteroatoms. The maximum Gasteiger partial charge on any atom is 0.285 e. The van der Waals surface area contributed by atoms with Crippen molar-refractivity contribution in [1.82, 2.24) is 4.68 Å². The molecule has 3 nitrogen and oxygen atoms in total. The molecule has 1 saturated heterocycles. The van der Waals surface area contributed by atoms with Gasteiger partial charge in [-0.3, -0.25) is 9.47 Å². The quantitative estimate of drug-likeness (QED) is 0.597. The normalized spacial score (nSPS) is 16.9. The Bertz CT molecular complexity index is 791. The molecule has 22 heavy (non-hydrogen) atoms. The highest BCUT2D eigenvalue weighted by atomic mass is 35.5. The van der Waals surface area contributed by atoms with E-state index < -0.39 is 0 Å². The molecule has 0 N–H and O–H groups in total. The number of benzene rings is 1. The van der Waals surface area contributed by atoms with Gasteiger partial charge >= 0.3 is 0 Å². The number of carbonyl (C=O) groups is 1. The van der Waals surface area contributed by atoms with E-state index in [0.717, 1.165) is 17.0 Å². The number of nitrogens with zero attached hydrogens (tertiary/aromatic N) is 2. The topological polar surface area (TPSA) is 25.2 Å². The van der Waals surface area contributed by atoms with E-state index in [2.05, 4.69) is 0 Å². The molecule has 112 valence electrons. The molecule has 0 atom stereocenters. The third kappa shape index (κ3) is 2.72. The lowest BCUT2D eigenvalue weighted by Crippen LogP contribution is -2.39. The van der Waals surface area contributed by atoms with E-state index in [4.69, 9.17) is 23.8 Å². The smallest absolute Gasteiger partial charge is 0.266 e. The summed E-state index contributed by atoms with van der Waals surface area (Å²) in [6.45, 7) is 3.90. The minimum Gasteiger partial charge on any atom is -0.266 e. The van der Waals surface area contributed by atoms with Crippen LogP contribution in [0.1, 0.15) is 17.0 Å². The summed E-state index contributed by atoms with van der Waals surface area (Å²) in [6, 6.07) is 11.3. The van der Waals surface area contributed by atoms with Gasteiger partial charge in [0.2, 0.25) is 0 Å². The highest BCUT2D eigenvalue weighted by Gasteiger charge is 2.34. The first-order valence-corrected chi connectivity index (χ1v) is 8.26. The van der Waals surface area contributed by atoms with Crippen molar-refractivity contribution >= 4 is 51.9 Å². The van der Waals surface area contributed by atoms with Crippen molar-refractivity contribution in [2.24, 2.45) is 0 Å². The molecule has 1 aliphatic rings. The van der Waals surface area contributed by atoms with Crippen molar-refractivity contribution in [1.29, 1.82) is 0 Å². The average Bonchev–Trinajstić information content (AvgIpc) is 2.91. The third-order valence-corrected chi connectivity index (χ3v) is 4.87. The minimum absolute atomic E-state index is 0.114. The maximum atomic E-state index is 12.7. The zero-order valence-electron chi connectivity index (χ0n) is 12.0. The summed E-state index contributed by atoms with van der Waals surface area (Å²) in [6.07, 6.45) is 1.82. The molecule has 1 aliphatic heterocycles. The highest BCUT2D eigenvalue weighted by molar-refractivity contribution is 8.27. The van der Waals surface area contributed by atoms with Gasteiger partial charge in [0, 0.05) is 16.4 Å². The van der Waals surface area contributed by atoms with E-state index in [1.807, 2.05) is 54.9 Å². The van der Waals surface area contributed by atoms with Gasteiger partial charge in [0.05, 0.1) is 4.91 Å². The summed E-state index contributed by atoms with van der Waals surface area (Å²) in [4.78, 5) is 13.3. The van der Waals surface area contributed by atoms with Gasteiger partial charge in [0.15, 0.2) is 4.32 Å². The molecule has 0 bridgehead atoms. The molecule has 3 rings (SSSR count). The Morgan fingerprint density at radius 3 is 2.50 bits per heavy atom. The third-order valence-electron chi connectivity index (χ3n) is 3.35. The second kappa shape index (κ2) is 5.91. The predicted molar refractivity (Wildman–Crippen MR) is 96.7 cm³/mol. The Kier molecular flexibility index (Phi) is 4.12. The molecule has 1 amide bonds. The van der Waals surface area contributed by atoms with Gasteiger partial charge in [-0.25, -0.2) is 0 Å². The van der Waals surface area contributed by atoms with Gasteiger partial charge < -0.3 is 0 Å². The molecular formula is C16H13ClN2OS2. The van der Waals surface area contributed by atoms with Crippen LogP contribution in [0.4, 0.5) is 0 Å². The number of thiocarbonyl (C=S) groups is 1. The molecule has 0 unspecified atom stereocenters. The van der Waals surface area contributed by atoms with Crippen LogP contribution in [0.25, 0.3) is 6.08 Å². The van der Waals surface area contributed by atoms with Gasteiger partial charge in [-0.2, -0.15) is 5.01 Å². The lowest BCUT2D eigenvalue weighted by atomic mass is 10.2. The second-order valence-corrected chi connectivity index (χ2v) is 7.09. The van der Waals surface area contributed by atoms with Crippen LogP contribution in [0.5, 0.6) is 0 Å². The second-order valence-electron chi connectivity index (χ2n) is 4.98. The fourth-order valence-corrected chi connectivity index (χ4v) is 3.80. The molecule has 1 fully saturated rings. The molecule has 1 aromatic carbocycles. The molecule has 1 aromatic heterocycles. The molecule has 0 radical (unpaired) electrons. The number of amides is 1. The number of hydrogen-bond donors (Lipinski definition) is 0. The van der Waals surface area contributed by atoms with Crippen LogP contribution >= 0.6 is 35.6 Å². The molecule has 2 heterocycles. The van der Waals surface area contributed by atoms with Crippen LogP contribution in [-0.2, 0) is 4.79 Å². The van der Waals surface area contributed by atoms with Gasteiger partial charge in [-0.15, -0.1) is 0 Å². The standard InChI is InChI=1S/C16H13ClN2OS2/c1-10-6-7-11(2)18(10)19-15(20)14(22-16(19)21)9-12-4-3-5-13(17)8-12/h3-9H,1-2H3/b14-9+. The minimum atomic E-state index is -0.114. The van der Waals surface area contributed by atoms with Gasteiger partial charge in [-0.1, -0.05) is 35.5 Å². The largest absolute Gasteiger partial charge is 0.285 e. The van der Waals surface area contributed by atoms with Gasteiger partial charge in [-0.05, 0) is 62.0 Å². The first-order valence-electron chi connectivity index (χ1n) is 6.66. The van der Waals surface area contributed by atoms with Crippen molar-refractivity contribution in [3.63, 3.8) is 0 Å². The number of carbonyl (C=O) groups excluding carboxylic acids is 1. The first kappa shape index (κ1) is 15.3. The summed E-state index contributed by atoms with van der Waals surface area (Å²) >= 11 is 12.7. The lowest BCUT2D eigenvalue weighted by molar-refractivity contribution is -0.114. The average molecular weight is 349 g/mol. The number of halogens is 1. The van der Waals surface area contributed by atoms with Crippen LogP contribution in [0, 0.1) is 13.8 Å². The molecule has 0 aliphatic carbocycles. The van der Waals surface area contributed by atoms with Crippen molar-refractivity contribution < 1.29 is 4.79 Å². The maximum absolute atomic E-state index is 12.7. The van der Waals surface area contributed by atoms with Crippen LogP contribution in [0.3, 0.4) is 0 Å². The Morgan fingerprint density at radius 1 is 1.18 bits per heavy atom. The Morgan fingerprint density at radius 2 is 1.86 bits per heavy atom. The van der Waals surface area contributed by atoms with Crippen LogP contribution in [0.2, 0.25) is 5.02 Å². The summed E-state index contributed by atoms with van der Waals surface area (Å²) < 4.78 is 2.37. The van der Waals surface area contributed by atoms with Crippen molar-refractivity contribution in [3.8, 4) is 0 Å². The number of thioether (sulfide) groups is 1. The molecule has 2 aromatic rings. The van der Waals surface area contributed by atoms with E-state index in [-0.39, 0.29) is 5.91 Å². The number of aromatic nitrogens is 1.